The first-order valence-electron chi connectivity index (χ1n) is 7.04. The summed E-state index contributed by atoms with van der Waals surface area (Å²) < 4.78 is 53.4. The second kappa shape index (κ2) is 6.66. The minimum atomic E-state index is -3.99. The molecule has 1 aliphatic rings. The summed E-state index contributed by atoms with van der Waals surface area (Å²) in [5.74, 6) is -1.85. The molecule has 1 saturated carbocycles. The van der Waals surface area contributed by atoms with E-state index < -0.39 is 26.6 Å². The van der Waals surface area contributed by atoms with Crippen molar-refractivity contribution in [3.63, 3.8) is 0 Å². The summed E-state index contributed by atoms with van der Waals surface area (Å²) in [5, 5.41) is 0. The molecule has 0 heterocycles. The quantitative estimate of drug-likeness (QED) is 0.780. The van der Waals surface area contributed by atoms with Gasteiger partial charge in [-0.05, 0) is 25.0 Å². The third kappa shape index (κ3) is 3.49. The summed E-state index contributed by atoms with van der Waals surface area (Å²) in [6.07, 6.45) is 6.02. The summed E-state index contributed by atoms with van der Waals surface area (Å²) in [6.45, 7) is 3.71. The number of nitrogens with zero attached hydrogens (tertiary/aromatic N) is 1. The van der Waals surface area contributed by atoms with Gasteiger partial charge in [0, 0.05) is 18.7 Å². The van der Waals surface area contributed by atoms with Gasteiger partial charge in [0.2, 0.25) is 10.0 Å². The van der Waals surface area contributed by atoms with E-state index in [-0.39, 0.29) is 12.6 Å². The third-order valence-corrected chi connectivity index (χ3v) is 5.72. The molecule has 1 aliphatic carbocycles. The molecule has 1 aromatic rings. The van der Waals surface area contributed by atoms with Gasteiger partial charge in [0.25, 0.3) is 0 Å². The SMILES string of the molecule is C=CCN(C1CCCCC1)S(=O)(=O)c1ccc(F)cc1F. The maximum Gasteiger partial charge on any atom is 0.246 e. The molecule has 0 unspecified atom stereocenters. The number of sulfonamides is 1. The number of hydrogen-bond acceptors (Lipinski definition) is 2. The fraction of sp³-hybridized carbons (Fsp3) is 0.467. The lowest BCUT2D eigenvalue weighted by molar-refractivity contribution is 0.268. The zero-order valence-electron chi connectivity index (χ0n) is 11.8. The summed E-state index contributed by atoms with van der Waals surface area (Å²) in [6, 6.07) is 2.40. The van der Waals surface area contributed by atoms with Gasteiger partial charge in [-0.3, -0.25) is 0 Å². The van der Waals surface area contributed by atoms with Crippen molar-refractivity contribution < 1.29 is 17.2 Å². The molecular weight excluding hydrogens is 296 g/mol. The molecule has 0 bridgehead atoms. The smallest absolute Gasteiger partial charge is 0.207 e. The van der Waals surface area contributed by atoms with Gasteiger partial charge in [-0.1, -0.05) is 25.3 Å². The third-order valence-electron chi connectivity index (χ3n) is 3.77. The van der Waals surface area contributed by atoms with Crippen LogP contribution in [-0.2, 0) is 10.0 Å². The molecule has 0 N–H and O–H groups in total. The standard InChI is InChI=1S/C15H19F2NO2S/c1-2-10-18(13-6-4-3-5-7-13)21(19,20)15-9-8-12(16)11-14(15)17/h2,8-9,11,13H,1,3-7,10H2. The minimum Gasteiger partial charge on any atom is -0.207 e. The summed E-state index contributed by atoms with van der Waals surface area (Å²) >= 11 is 0. The average Bonchev–Trinajstić information content (AvgIpc) is 2.45. The van der Waals surface area contributed by atoms with Crippen molar-refractivity contribution in [2.75, 3.05) is 6.54 Å². The molecule has 0 atom stereocenters. The van der Waals surface area contributed by atoms with Gasteiger partial charge < -0.3 is 0 Å². The molecule has 0 radical (unpaired) electrons. The Morgan fingerprint density at radius 2 is 1.90 bits per heavy atom. The molecule has 0 amide bonds. The molecule has 0 aromatic heterocycles. The zero-order valence-corrected chi connectivity index (χ0v) is 12.6. The van der Waals surface area contributed by atoms with Crippen molar-refractivity contribution >= 4 is 10.0 Å². The minimum absolute atomic E-state index is 0.129. The van der Waals surface area contributed by atoms with E-state index >= 15 is 0 Å². The van der Waals surface area contributed by atoms with Crippen LogP contribution in [0.2, 0.25) is 0 Å². The van der Waals surface area contributed by atoms with Gasteiger partial charge in [0.05, 0.1) is 0 Å². The summed E-state index contributed by atoms with van der Waals surface area (Å²) in [4.78, 5) is -0.476. The van der Waals surface area contributed by atoms with Gasteiger partial charge in [-0.15, -0.1) is 6.58 Å². The van der Waals surface area contributed by atoms with Crippen molar-refractivity contribution in [3.8, 4) is 0 Å². The lowest BCUT2D eigenvalue weighted by atomic mass is 9.95. The van der Waals surface area contributed by atoms with E-state index in [1.807, 2.05) is 0 Å². The Balaban J connectivity index is 2.38. The van der Waals surface area contributed by atoms with Gasteiger partial charge in [-0.25, -0.2) is 17.2 Å². The molecule has 0 saturated heterocycles. The average molecular weight is 315 g/mol. The Kier molecular flexibility index (Phi) is 5.11. The van der Waals surface area contributed by atoms with E-state index in [1.54, 1.807) is 0 Å². The first kappa shape index (κ1) is 16.1. The Morgan fingerprint density at radius 3 is 2.48 bits per heavy atom. The van der Waals surface area contributed by atoms with E-state index in [9.17, 15) is 17.2 Å². The van der Waals surface area contributed by atoms with Crippen molar-refractivity contribution in [2.24, 2.45) is 0 Å². The Labute approximate surface area is 124 Å². The molecule has 116 valence electrons. The van der Waals surface area contributed by atoms with Crippen LogP contribution in [-0.4, -0.2) is 25.3 Å². The van der Waals surface area contributed by atoms with E-state index in [0.29, 0.717) is 6.07 Å². The summed E-state index contributed by atoms with van der Waals surface area (Å²) in [5.41, 5.74) is 0. The second-order valence-electron chi connectivity index (χ2n) is 5.23. The first-order chi connectivity index (χ1) is 9.96. The lowest BCUT2D eigenvalue weighted by Gasteiger charge is -2.32. The maximum absolute atomic E-state index is 13.8. The van der Waals surface area contributed by atoms with Crippen LogP contribution in [0.1, 0.15) is 32.1 Å². The monoisotopic (exact) mass is 315 g/mol. The highest BCUT2D eigenvalue weighted by Gasteiger charge is 2.33. The van der Waals surface area contributed by atoms with Gasteiger partial charge in [0.1, 0.15) is 16.5 Å². The maximum atomic E-state index is 13.8. The van der Waals surface area contributed by atoms with Gasteiger partial charge in [-0.2, -0.15) is 4.31 Å². The molecule has 6 heteroatoms. The van der Waals surface area contributed by atoms with E-state index in [2.05, 4.69) is 6.58 Å². The van der Waals surface area contributed by atoms with Crippen molar-refractivity contribution in [2.45, 2.75) is 43.0 Å². The fourth-order valence-corrected chi connectivity index (χ4v) is 4.45. The summed E-state index contributed by atoms with van der Waals surface area (Å²) in [7, 11) is -3.99. The fourth-order valence-electron chi connectivity index (χ4n) is 2.75. The van der Waals surface area contributed by atoms with E-state index in [4.69, 9.17) is 0 Å². The van der Waals surface area contributed by atoms with E-state index in [1.165, 1.54) is 10.4 Å². The zero-order chi connectivity index (χ0) is 15.5. The Morgan fingerprint density at radius 1 is 1.24 bits per heavy atom. The number of benzene rings is 1. The first-order valence-corrected chi connectivity index (χ1v) is 8.48. The van der Waals surface area contributed by atoms with Crippen molar-refractivity contribution in [1.82, 2.24) is 4.31 Å². The Hall–Kier alpha value is -1.27. The van der Waals surface area contributed by atoms with Crippen LogP contribution < -0.4 is 0 Å². The van der Waals surface area contributed by atoms with E-state index in [0.717, 1.165) is 44.2 Å². The highest BCUT2D eigenvalue weighted by molar-refractivity contribution is 7.89. The van der Waals surface area contributed by atoms with Crippen LogP contribution in [0.4, 0.5) is 8.78 Å². The lowest BCUT2D eigenvalue weighted by Crippen LogP contribution is -2.41. The number of halogens is 2. The van der Waals surface area contributed by atoms with Crippen LogP contribution in [0.25, 0.3) is 0 Å². The van der Waals surface area contributed by atoms with Crippen LogP contribution in [0.5, 0.6) is 0 Å². The second-order valence-corrected chi connectivity index (χ2v) is 7.09. The molecule has 2 rings (SSSR count). The molecule has 1 fully saturated rings. The predicted molar refractivity (Wildman–Crippen MR) is 77.3 cm³/mol. The molecular formula is C15H19F2NO2S. The van der Waals surface area contributed by atoms with Crippen molar-refractivity contribution in [3.05, 3.63) is 42.5 Å². The van der Waals surface area contributed by atoms with Crippen LogP contribution in [0.15, 0.2) is 35.7 Å². The molecule has 1 aromatic carbocycles. The van der Waals surface area contributed by atoms with Crippen LogP contribution >= 0.6 is 0 Å². The normalized spacial score (nSPS) is 17.1. The Bertz CT molecular complexity index is 610. The van der Waals surface area contributed by atoms with Gasteiger partial charge >= 0.3 is 0 Å². The largest absolute Gasteiger partial charge is 0.246 e. The predicted octanol–water partition coefficient (Wildman–Crippen LogP) is 3.47. The number of rotatable bonds is 5. The highest BCUT2D eigenvalue weighted by Crippen LogP contribution is 2.28. The highest BCUT2D eigenvalue weighted by atomic mass is 32.2. The van der Waals surface area contributed by atoms with Crippen LogP contribution in [0, 0.1) is 11.6 Å². The van der Waals surface area contributed by atoms with Gasteiger partial charge in [0.15, 0.2) is 0 Å². The molecule has 0 aliphatic heterocycles. The van der Waals surface area contributed by atoms with Crippen molar-refractivity contribution in [1.29, 1.82) is 0 Å². The van der Waals surface area contributed by atoms with Crippen LogP contribution in [0.3, 0.4) is 0 Å². The molecule has 3 nitrogen and oxygen atoms in total. The molecule has 0 spiro atoms. The molecule has 21 heavy (non-hydrogen) atoms. The number of hydrogen-bond donors (Lipinski definition) is 0. The topological polar surface area (TPSA) is 37.4 Å².